The molecule has 0 saturated carbocycles. The number of hydrogen-bond acceptors (Lipinski definition) is 3. The number of piperidine rings is 1. The maximum Gasteiger partial charge on any atom is 0.236 e. The van der Waals surface area contributed by atoms with Gasteiger partial charge < -0.3 is 10.6 Å². The molecule has 0 spiro atoms. The van der Waals surface area contributed by atoms with Crippen LogP contribution in [-0.4, -0.2) is 23.3 Å². The SMILES string of the molecule is O=C1NCCC[C@H]1C(=O)Nc1ccncc1. The number of carbonyl (C=O) groups is 2. The van der Waals surface area contributed by atoms with Crippen LogP contribution in [0.5, 0.6) is 0 Å². The van der Waals surface area contributed by atoms with Crippen molar-refractivity contribution in [3.05, 3.63) is 24.5 Å². The molecular formula is C11H13N3O2. The lowest BCUT2D eigenvalue weighted by molar-refractivity contribution is -0.134. The Morgan fingerprint density at radius 1 is 1.44 bits per heavy atom. The van der Waals surface area contributed by atoms with Gasteiger partial charge in [0.1, 0.15) is 5.92 Å². The van der Waals surface area contributed by atoms with Crippen LogP contribution in [0.25, 0.3) is 0 Å². The van der Waals surface area contributed by atoms with Gasteiger partial charge in [0.2, 0.25) is 11.8 Å². The Balaban J connectivity index is 2.00. The summed E-state index contributed by atoms with van der Waals surface area (Å²) in [5.74, 6) is -0.997. The molecule has 1 aliphatic heterocycles. The molecule has 2 N–H and O–H groups in total. The first-order chi connectivity index (χ1) is 7.77. The number of pyridine rings is 1. The standard InChI is InChI=1S/C11H13N3O2/c15-10-9(2-1-5-13-10)11(16)14-8-3-6-12-7-4-8/h3-4,6-7,9H,1-2,5H2,(H,13,15)(H,12,14,16)/t9-/m1/s1. The number of nitrogens with one attached hydrogen (secondary N) is 2. The van der Waals surface area contributed by atoms with Crippen LogP contribution in [-0.2, 0) is 9.59 Å². The van der Waals surface area contributed by atoms with Gasteiger partial charge in [0.05, 0.1) is 0 Å². The molecule has 2 rings (SSSR count). The Kier molecular flexibility index (Phi) is 3.14. The number of nitrogens with zero attached hydrogens (tertiary/aromatic N) is 1. The van der Waals surface area contributed by atoms with E-state index in [-0.39, 0.29) is 11.8 Å². The van der Waals surface area contributed by atoms with Crippen LogP contribution >= 0.6 is 0 Å². The molecule has 16 heavy (non-hydrogen) atoms. The average Bonchev–Trinajstić information content (AvgIpc) is 2.31. The van der Waals surface area contributed by atoms with Crippen molar-refractivity contribution in [2.45, 2.75) is 12.8 Å². The minimum Gasteiger partial charge on any atom is -0.355 e. The van der Waals surface area contributed by atoms with Crippen LogP contribution in [0.2, 0.25) is 0 Å². The zero-order chi connectivity index (χ0) is 11.4. The van der Waals surface area contributed by atoms with Gasteiger partial charge >= 0.3 is 0 Å². The van der Waals surface area contributed by atoms with E-state index in [1.807, 2.05) is 0 Å². The molecule has 0 bridgehead atoms. The third kappa shape index (κ3) is 2.36. The molecule has 1 aromatic heterocycles. The highest BCUT2D eigenvalue weighted by Gasteiger charge is 2.28. The Morgan fingerprint density at radius 3 is 2.88 bits per heavy atom. The second-order valence-corrected chi connectivity index (χ2v) is 3.71. The first-order valence-corrected chi connectivity index (χ1v) is 5.26. The molecule has 84 valence electrons. The molecule has 5 heteroatoms. The van der Waals surface area contributed by atoms with Crippen molar-refractivity contribution in [1.82, 2.24) is 10.3 Å². The first-order valence-electron chi connectivity index (χ1n) is 5.26. The highest BCUT2D eigenvalue weighted by molar-refractivity contribution is 6.06. The predicted octanol–water partition coefficient (Wildman–Crippen LogP) is 0.546. The van der Waals surface area contributed by atoms with E-state index in [0.717, 1.165) is 6.42 Å². The number of hydrogen-bond donors (Lipinski definition) is 2. The second-order valence-electron chi connectivity index (χ2n) is 3.71. The minimum absolute atomic E-state index is 0.183. The lowest BCUT2D eigenvalue weighted by Gasteiger charge is -2.20. The van der Waals surface area contributed by atoms with Crippen LogP contribution in [0, 0.1) is 5.92 Å². The van der Waals surface area contributed by atoms with Crippen LogP contribution < -0.4 is 10.6 Å². The molecule has 1 atom stereocenters. The molecule has 2 heterocycles. The van der Waals surface area contributed by atoms with E-state index in [2.05, 4.69) is 15.6 Å². The summed E-state index contributed by atoms with van der Waals surface area (Å²) in [6, 6.07) is 3.39. The number of amides is 2. The van der Waals surface area contributed by atoms with Crippen LogP contribution in [0.15, 0.2) is 24.5 Å². The van der Waals surface area contributed by atoms with Crippen LogP contribution in [0.3, 0.4) is 0 Å². The Labute approximate surface area is 93.3 Å². The predicted molar refractivity (Wildman–Crippen MR) is 58.6 cm³/mol. The molecule has 0 unspecified atom stereocenters. The molecule has 0 radical (unpaired) electrons. The fourth-order valence-electron chi connectivity index (χ4n) is 1.69. The highest BCUT2D eigenvalue weighted by Crippen LogP contribution is 2.14. The van der Waals surface area contributed by atoms with Crippen molar-refractivity contribution >= 4 is 17.5 Å². The monoisotopic (exact) mass is 219 g/mol. The molecule has 0 aromatic carbocycles. The summed E-state index contributed by atoms with van der Waals surface area (Å²) in [4.78, 5) is 27.1. The Morgan fingerprint density at radius 2 is 2.19 bits per heavy atom. The summed E-state index contributed by atoms with van der Waals surface area (Å²) in [6.07, 6.45) is 4.65. The first kappa shape index (κ1) is 10.6. The van der Waals surface area contributed by atoms with Crippen molar-refractivity contribution in [2.24, 2.45) is 5.92 Å². The van der Waals surface area contributed by atoms with Gasteiger partial charge in [-0.15, -0.1) is 0 Å². The van der Waals surface area contributed by atoms with E-state index in [9.17, 15) is 9.59 Å². The molecule has 2 amide bonds. The van der Waals surface area contributed by atoms with Gasteiger partial charge in [-0.2, -0.15) is 0 Å². The lowest BCUT2D eigenvalue weighted by atomic mass is 9.98. The van der Waals surface area contributed by atoms with Gasteiger partial charge in [0, 0.05) is 24.6 Å². The van der Waals surface area contributed by atoms with E-state index in [4.69, 9.17) is 0 Å². The molecule has 1 aromatic rings. The van der Waals surface area contributed by atoms with Gasteiger partial charge in [0.25, 0.3) is 0 Å². The van der Waals surface area contributed by atoms with Gasteiger partial charge in [-0.3, -0.25) is 14.6 Å². The van der Waals surface area contributed by atoms with E-state index in [1.54, 1.807) is 24.5 Å². The summed E-state index contributed by atoms with van der Waals surface area (Å²) in [6.45, 7) is 0.665. The third-order valence-electron chi connectivity index (χ3n) is 2.55. The molecule has 1 fully saturated rings. The minimum atomic E-state index is -0.568. The maximum absolute atomic E-state index is 11.8. The van der Waals surface area contributed by atoms with Crippen molar-refractivity contribution in [1.29, 1.82) is 0 Å². The number of carbonyl (C=O) groups excluding carboxylic acids is 2. The molecule has 1 saturated heterocycles. The number of aromatic nitrogens is 1. The second kappa shape index (κ2) is 4.74. The largest absolute Gasteiger partial charge is 0.355 e. The van der Waals surface area contributed by atoms with E-state index >= 15 is 0 Å². The third-order valence-corrected chi connectivity index (χ3v) is 2.55. The topological polar surface area (TPSA) is 71.1 Å². The van der Waals surface area contributed by atoms with Crippen LogP contribution in [0.4, 0.5) is 5.69 Å². The normalized spacial score (nSPS) is 20.0. The van der Waals surface area contributed by atoms with Gasteiger partial charge in [-0.1, -0.05) is 0 Å². The zero-order valence-corrected chi connectivity index (χ0v) is 8.77. The smallest absolute Gasteiger partial charge is 0.236 e. The van der Waals surface area contributed by atoms with E-state index in [0.29, 0.717) is 18.7 Å². The van der Waals surface area contributed by atoms with Crippen molar-refractivity contribution < 1.29 is 9.59 Å². The van der Waals surface area contributed by atoms with E-state index < -0.39 is 5.92 Å². The van der Waals surface area contributed by atoms with Crippen molar-refractivity contribution in [3.8, 4) is 0 Å². The fourth-order valence-corrected chi connectivity index (χ4v) is 1.69. The molecular weight excluding hydrogens is 206 g/mol. The Bertz CT molecular complexity index is 391. The van der Waals surface area contributed by atoms with Crippen LogP contribution in [0.1, 0.15) is 12.8 Å². The average molecular weight is 219 g/mol. The molecule has 5 nitrogen and oxygen atoms in total. The summed E-state index contributed by atoms with van der Waals surface area (Å²) < 4.78 is 0. The summed E-state index contributed by atoms with van der Waals surface area (Å²) in [5.41, 5.74) is 0.665. The molecule has 1 aliphatic rings. The summed E-state index contributed by atoms with van der Waals surface area (Å²) in [5, 5.41) is 5.39. The fraction of sp³-hybridized carbons (Fsp3) is 0.364. The molecule has 0 aliphatic carbocycles. The number of anilines is 1. The summed E-state index contributed by atoms with van der Waals surface area (Å²) in [7, 11) is 0. The van der Waals surface area contributed by atoms with Gasteiger partial charge in [0.15, 0.2) is 0 Å². The van der Waals surface area contributed by atoms with Gasteiger partial charge in [-0.05, 0) is 25.0 Å². The van der Waals surface area contributed by atoms with Crippen molar-refractivity contribution in [3.63, 3.8) is 0 Å². The highest BCUT2D eigenvalue weighted by atomic mass is 16.2. The number of rotatable bonds is 2. The zero-order valence-electron chi connectivity index (χ0n) is 8.77. The van der Waals surface area contributed by atoms with Crippen molar-refractivity contribution in [2.75, 3.05) is 11.9 Å². The Hall–Kier alpha value is -1.91. The summed E-state index contributed by atoms with van der Waals surface area (Å²) >= 11 is 0. The lowest BCUT2D eigenvalue weighted by Crippen LogP contribution is -2.42. The maximum atomic E-state index is 11.8. The quantitative estimate of drug-likeness (QED) is 0.713. The van der Waals surface area contributed by atoms with Gasteiger partial charge in [-0.25, -0.2) is 0 Å². The van der Waals surface area contributed by atoms with E-state index in [1.165, 1.54) is 0 Å².